The number of carbonyl (C=O) groups is 5. The summed E-state index contributed by atoms with van der Waals surface area (Å²) in [4.78, 5) is 74.0. The van der Waals surface area contributed by atoms with Crippen molar-refractivity contribution in [3.05, 3.63) is 56.3 Å². The minimum absolute atomic E-state index is 0.0140. The molecule has 0 amide bonds. The highest BCUT2D eigenvalue weighted by atomic mass is 16.5. The molecular formula is C40H48O8. The smallest absolute Gasteiger partial charge is 0.233 e. The molecule has 2 fully saturated rings. The van der Waals surface area contributed by atoms with Crippen molar-refractivity contribution in [1.29, 1.82) is 0 Å². The molecule has 0 aromatic carbocycles. The van der Waals surface area contributed by atoms with E-state index in [2.05, 4.69) is 0 Å². The molecule has 7 rings (SSSR count). The molecular weight excluding hydrogens is 608 g/mol. The van der Waals surface area contributed by atoms with E-state index >= 15 is 9.59 Å². The van der Waals surface area contributed by atoms with Crippen LogP contribution in [0.2, 0.25) is 0 Å². The van der Waals surface area contributed by atoms with Crippen LogP contribution in [0.15, 0.2) is 56.3 Å². The molecule has 8 nitrogen and oxygen atoms in total. The monoisotopic (exact) mass is 656 g/mol. The Morgan fingerprint density at radius 1 is 0.604 bits per heavy atom. The summed E-state index contributed by atoms with van der Waals surface area (Å²) < 4.78 is 6.99. The highest BCUT2D eigenvalue weighted by Gasteiger charge is 2.75. The van der Waals surface area contributed by atoms with Crippen molar-refractivity contribution in [3.63, 3.8) is 0 Å². The van der Waals surface area contributed by atoms with Crippen LogP contribution in [0.4, 0.5) is 0 Å². The van der Waals surface area contributed by atoms with Crippen molar-refractivity contribution >= 4 is 28.9 Å². The number of fused-ring (bicyclic) bond motifs is 6. The number of ketones is 5. The molecule has 0 radical (unpaired) electrons. The lowest BCUT2D eigenvalue weighted by Gasteiger charge is -2.58. The summed E-state index contributed by atoms with van der Waals surface area (Å²) in [6, 6.07) is 0. The molecule has 0 aromatic heterocycles. The maximum absolute atomic E-state index is 15.8. The van der Waals surface area contributed by atoms with Gasteiger partial charge in [-0.3, -0.25) is 24.0 Å². The van der Waals surface area contributed by atoms with Crippen molar-refractivity contribution < 1.29 is 38.9 Å². The molecule has 5 atom stereocenters. The number of aliphatic hydroxyl groups excluding tert-OH is 2. The predicted octanol–water partition coefficient (Wildman–Crippen LogP) is 7.10. The number of allylic oxidation sites excluding steroid dienone is 4. The first kappa shape index (κ1) is 33.0. The second kappa shape index (κ2) is 9.57. The van der Waals surface area contributed by atoms with E-state index in [1.165, 1.54) is 0 Å². The van der Waals surface area contributed by atoms with Gasteiger partial charge in [0.2, 0.25) is 23.0 Å². The van der Waals surface area contributed by atoms with Gasteiger partial charge in [-0.2, -0.15) is 0 Å². The van der Waals surface area contributed by atoms with E-state index in [1.54, 1.807) is 27.7 Å². The molecule has 256 valence electrons. The number of rotatable bonds is 2. The predicted molar refractivity (Wildman–Crippen MR) is 177 cm³/mol. The second-order valence-corrected chi connectivity index (χ2v) is 17.9. The van der Waals surface area contributed by atoms with E-state index < -0.39 is 85.6 Å². The third-order valence-corrected chi connectivity index (χ3v) is 13.3. The molecule has 8 heteroatoms. The lowest BCUT2D eigenvalue weighted by Crippen LogP contribution is -2.65. The molecule has 2 saturated carbocycles. The van der Waals surface area contributed by atoms with E-state index in [4.69, 9.17) is 4.74 Å². The van der Waals surface area contributed by atoms with Gasteiger partial charge in [-0.15, -0.1) is 0 Å². The van der Waals surface area contributed by atoms with Crippen LogP contribution in [0.1, 0.15) is 108 Å². The third-order valence-electron chi connectivity index (χ3n) is 13.3. The fourth-order valence-electron chi connectivity index (χ4n) is 11.7. The average molecular weight is 657 g/mol. The maximum atomic E-state index is 15.8. The zero-order valence-corrected chi connectivity index (χ0v) is 29.9. The Labute approximate surface area is 282 Å². The molecule has 1 spiro atoms. The fraction of sp³-hybridized carbons (Fsp3) is 0.625. The average Bonchev–Trinajstić information content (AvgIpc) is 3.28. The van der Waals surface area contributed by atoms with Gasteiger partial charge in [-0.1, -0.05) is 82.1 Å². The lowest BCUT2D eigenvalue weighted by atomic mass is 9.43. The standard InChI is InChI=1S/C40H48O8/c1-17(2)19-26(41)25-24(30(45)27(19)42)39(10)16-12-14-37(7,8)34(39)35(47)40(25)23-21-22(29(44)28(43)20(18(3)4)32(21)48-40)38(9)15-11-13-36(5,6)33(38)31(23)46/h17-18,33-34,41,44H,11-16H2,1-10H3/t33-,34-,38+,39+,40+/m0/s1. The van der Waals surface area contributed by atoms with E-state index in [0.29, 0.717) is 37.7 Å². The van der Waals surface area contributed by atoms with Gasteiger partial charge < -0.3 is 14.9 Å². The minimum Gasteiger partial charge on any atom is -0.507 e. The van der Waals surface area contributed by atoms with Gasteiger partial charge in [-0.05, 0) is 48.3 Å². The van der Waals surface area contributed by atoms with Crippen LogP contribution in [0.5, 0.6) is 0 Å². The Morgan fingerprint density at radius 3 is 1.67 bits per heavy atom. The van der Waals surface area contributed by atoms with E-state index in [0.717, 1.165) is 6.42 Å². The second-order valence-electron chi connectivity index (χ2n) is 17.9. The zero-order chi connectivity index (χ0) is 35.4. The van der Waals surface area contributed by atoms with Crippen LogP contribution in [-0.4, -0.2) is 44.7 Å². The first-order chi connectivity index (χ1) is 22.1. The summed E-state index contributed by atoms with van der Waals surface area (Å²) in [6.45, 7) is 18.7. The van der Waals surface area contributed by atoms with Crippen molar-refractivity contribution in [2.45, 2.75) is 113 Å². The van der Waals surface area contributed by atoms with Gasteiger partial charge in [0, 0.05) is 50.5 Å². The molecule has 0 saturated heterocycles. The first-order valence-corrected chi connectivity index (χ1v) is 17.7. The van der Waals surface area contributed by atoms with Crippen LogP contribution in [0.25, 0.3) is 0 Å². The van der Waals surface area contributed by atoms with Crippen molar-refractivity contribution in [3.8, 4) is 0 Å². The van der Waals surface area contributed by atoms with Crippen LogP contribution >= 0.6 is 0 Å². The zero-order valence-electron chi connectivity index (χ0n) is 29.9. The number of ether oxygens (including phenoxy) is 1. The molecule has 2 N–H and O–H groups in total. The van der Waals surface area contributed by atoms with Gasteiger partial charge >= 0.3 is 0 Å². The molecule has 1 aliphatic heterocycles. The summed E-state index contributed by atoms with van der Waals surface area (Å²) in [7, 11) is 0. The summed E-state index contributed by atoms with van der Waals surface area (Å²) in [5.74, 6) is -6.48. The Bertz CT molecular complexity index is 1850. The third kappa shape index (κ3) is 3.54. The van der Waals surface area contributed by atoms with Crippen molar-refractivity contribution in [2.75, 3.05) is 0 Å². The lowest BCUT2D eigenvalue weighted by molar-refractivity contribution is -0.155. The normalized spacial score (nSPS) is 37.1. The SMILES string of the molecule is CC(C)C1=C(O)C2=C(C(=O)C1=O)[C@@]1(C)CCCC(C)(C)[C@@H]1C(=O)[C@]21OC2=C(C(C)C)C(=O)C(O)=C3C2=C1C(=O)[C@H]1C(C)(C)CCC[C@]31C. The number of hydrogen-bond acceptors (Lipinski definition) is 8. The van der Waals surface area contributed by atoms with Gasteiger partial charge in [0.05, 0.1) is 11.1 Å². The molecule has 0 bridgehead atoms. The van der Waals surface area contributed by atoms with Crippen LogP contribution < -0.4 is 0 Å². The topological polar surface area (TPSA) is 135 Å². The van der Waals surface area contributed by atoms with Crippen LogP contribution in [-0.2, 0) is 28.7 Å². The van der Waals surface area contributed by atoms with E-state index in [-0.39, 0.29) is 45.0 Å². The Hall–Kier alpha value is -3.55. The van der Waals surface area contributed by atoms with E-state index in [1.807, 2.05) is 41.5 Å². The molecule has 1 heterocycles. The Morgan fingerprint density at radius 2 is 1.12 bits per heavy atom. The van der Waals surface area contributed by atoms with Crippen molar-refractivity contribution in [2.24, 2.45) is 45.3 Å². The minimum atomic E-state index is -2.29. The highest BCUT2D eigenvalue weighted by Crippen LogP contribution is 2.71. The van der Waals surface area contributed by atoms with Crippen molar-refractivity contribution in [1.82, 2.24) is 0 Å². The quantitative estimate of drug-likeness (QED) is 0.237. The highest BCUT2D eigenvalue weighted by molar-refractivity contribution is 6.51. The van der Waals surface area contributed by atoms with Gasteiger partial charge in [0.15, 0.2) is 17.3 Å². The van der Waals surface area contributed by atoms with Gasteiger partial charge in [0.25, 0.3) is 0 Å². The Balaban J connectivity index is 1.72. The molecule has 0 unspecified atom stereocenters. The number of hydrogen-bond donors (Lipinski definition) is 2. The number of carbonyl (C=O) groups excluding carboxylic acids is 5. The molecule has 6 aliphatic carbocycles. The fourth-order valence-corrected chi connectivity index (χ4v) is 11.7. The maximum Gasteiger partial charge on any atom is 0.233 e. The summed E-state index contributed by atoms with van der Waals surface area (Å²) in [5, 5.41) is 24.2. The first-order valence-electron chi connectivity index (χ1n) is 17.7. The number of aliphatic hydroxyl groups is 2. The molecule has 48 heavy (non-hydrogen) atoms. The van der Waals surface area contributed by atoms with Crippen LogP contribution in [0, 0.1) is 45.3 Å². The number of Topliss-reactive ketones (excluding diaryl/α,β-unsaturated/α-hetero) is 5. The molecule has 0 aromatic rings. The Kier molecular flexibility index (Phi) is 6.57. The summed E-state index contributed by atoms with van der Waals surface area (Å²) >= 11 is 0. The van der Waals surface area contributed by atoms with Crippen LogP contribution in [0.3, 0.4) is 0 Å². The van der Waals surface area contributed by atoms with Gasteiger partial charge in [0.1, 0.15) is 11.5 Å². The summed E-state index contributed by atoms with van der Waals surface area (Å²) in [6.07, 6.45) is 3.81. The largest absolute Gasteiger partial charge is 0.507 e. The van der Waals surface area contributed by atoms with Gasteiger partial charge in [-0.25, -0.2) is 0 Å². The van der Waals surface area contributed by atoms with E-state index in [9.17, 15) is 24.6 Å². The summed E-state index contributed by atoms with van der Waals surface area (Å²) in [5.41, 5.74) is -5.11. The molecule has 7 aliphatic rings.